The summed E-state index contributed by atoms with van der Waals surface area (Å²) in [4.78, 5) is 26.9. The van der Waals surface area contributed by atoms with Crippen molar-refractivity contribution in [2.45, 2.75) is 37.8 Å². The van der Waals surface area contributed by atoms with Crippen LogP contribution in [0.4, 0.5) is 13.2 Å². The number of nitrogens with one attached hydrogen (secondary N) is 1. The molecule has 10 heteroatoms. The highest BCUT2D eigenvalue weighted by molar-refractivity contribution is 6.63. The van der Waals surface area contributed by atoms with E-state index in [4.69, 9.17) is 11.6 Å². The van der Waals surface area contributed by atoms with Crippen LogP contribution in [0.25, 0.3) is 5.65 Å². The lowest BCUT2D eigenvalue weighted by Crippen LogP contribution is -2.25. The summed E-state index contributed by atoms with van der Waals surface area (Å²) in [5.41, 5.74) is -0.764. The molecule has 0 aliphatic heterocycles. The molecule has 1 aliphatic carbocycles. The molecule has 134 valence electrons. The number of rotatable bonds is 6. The summed E-state index contributed by atoms with van der Waals surface area (Å²) in [6.45, 7) is 0.165. The van der Waals surface area contributed by atoms with Crippen molar-refractivity contribution in [3.05, 3.63) is 29.2 Å². The van der Waals surface area contributed by atoms with Crippen molar-refractivity contribution in [3.63, 3.8) is 0 Å². The van der Waals surface area contributed by atoms with Crippen LogP contribution < -0.4 is 5.32 Å². The summed E-state index contributed by atoms with van der Waals surface area (Å²) in [5.74, 6) is -0.597. The van der Waals surface area contributed by atoms with Crippen LogP contribution in [0.15, 0.2) is 12.1 Å². The van der Waals surface area contributed by atoms with Gasteiger partial charge in [-0.15, -0.1) is 0 Å². The molecular formula is C15H14ClF3N4O2. The zero-order chi connectivity index (χ0) is 18.2. The van der Waals surface area contributed by atoms with Gasteiger partial charge in [-0.2, -0.15) is 18.3 Å². The molecule has 0 spiro atoms. The molecule has 2 aromatic rings. The molecule has 1 fully saturated rings. The average molecular weight is 375 g/mol. The molecule has 0 aromatic carbocycles. The van der Waals surface area contributed by atoms with Crippen LogP contribution >= 0.6 is 11.6 Å². The normalized spacial score (nSPS) is 14.7. The van der Waals surface area contributed by atoms with Gasteiger partial charge in [0.2, 0.25) is 5.24 Å². The van der Waals surface area contributed by atoms with Gasteiger partial charge in [0.1, 0.15) is 5.69 Å². The third-order valence-corrected chi connectivity index (χ3v) is 3.99. The molecule has 0 radical (unpaired) electrons. The monoisotopic (exact) mass is 374 g/mol. The van der Waals surface area contributed by atoms with E-state index in [2.05, 4.69) is 15.4 Å². The van der Waals surface area contributed by atoms with Crippen molar-refractivity contribution in [1.82, 2.24) is 19.9 Å². The van der Waals surface area contributed by atoms with Crippen molar-refractivity contribution < 1.29 is 22.8 Å². The molecule has 3 rings (SSSR count). The Labute approximate surface area is 145 Å². The number of amides is 1. The molecular weight excluding hydrogens is 361 g/mol. The SMILES string of the molecule is O=C(Cl)CCCNC(=O)c1cc2nc(C3CC3)cc(C(F)(F)F)n2n1. The van der Waals surface area contributed by atoms with E-state index in [1.807, 2.05) is 0 Å². The van der Waals surface area contributed by atoms with Gasteiger partial charge in [0.15, 0.2) is 11.3 Å². The quantitative estimate of drug-likeness (QED) is 0.623. The highest BCUT2D eigenvalue weighted by Gasteiger charge is 2.37. The fourth-order valence-electron chi connectivity index (χ4n) is 2.41. The van der Waals surface area contributed by atoms with Crippen molar-refractivity contribution in [3.8, 4) is 0 Å². The van der Waals surface area contributed by atoms with E-state index in [1.165, 1.54) is 6.07 Å². The van der Waals surface area contributed by atoms with Crippen molar-refractivity contribution in [2.24, 2.45) is 0 Å². The van der Waals surface area contributed by atoms with Crippen LogP contribution in [0.1, 0.15) is 53.5 Å². The molecule has 1 N–H and O–H groups in total. The van der Waals surface area contributed by atoms with Gasteiger partial charge in [-0.1, -0.05) is 0 Å². The van der Waals surface area contributed by atoms with Crippen molar-refractivity contribution in [2.75, 3.05) is 6.54 Å². The fraction of sp³-hybridized carbons (Fsp3) is 0.467. The first-order valence-electron chi connectivity index (χ1n) is 7.70. The molecule has 1 aliphatic rings. The molecule has 0 unspecified atom stereocenters. The van der Waals surface area contributed by atoms with Crippen molar-refractivity contribution in [1.29, 1.82) is 0 Å². The van der Waals surface area contributed by atoms with Gasteiger partial charge >= 0.3 is 6.18 Å². The molecule has 2 heterocycles. The molecule has 1 saturated carbocycles. The lowest BCUT2D eigenvalue weighted by molar-refractivity contribution is -0.142. The number of aromatic nitrogens is 3. The fourth-order valence-corrected chi connectivity index (χ4v) is 2.55. The number of fused-ring (bicyclic) bond motifs is 1. The van der Waals surface area contributed by atoms with E-state index in [9.17, 15) is 22.8 Å². The number of carbonyl (C=O) groups is 2. The Kier molecular flexibility index (Phi) is 4.68. The maximum atomic E-state index is 13.3. The minimum absolute atomic E-state index is 0.0159. The molecule has 6 nitrogen and oxygen atoms in total. The predicted octanol–water partition coefficient (Wildman–Crippen LogP) is 2.90. The Hall–Kier alpha value is -2.16. The van der Waals surface area contributed by atoms with Gasteiger partial charge in [0, 0.05) is 30.6 Å². The van der Waals surface area contributed by atoms with Gasteiger partial charge in [0.25, 0.3) is 5.91 Å². The van der Waals surface area contributed by atoms with Gasteiger partial charge in [-0.05, 0) is 36.9 Å². The van der Waals surface area contributed by atoms with Crippen LogP contribution in [0.5, 0.6) is 0 Å². The van der Waals surface area contributed by atoms with Crippen LogP contribution in [0.3, 0.4) is 0 Å². The van der Waals surface area contributed by atoms with E-state index in [-0.39, 0.29) is 30.2 Å². The summed E-state index contributed by atoms with van der Waals surface area (Å²) < 4.78 is 40.5. The van der Waals surface area contributed by atoms with Gasteiger partial charge in [0.05, 0.1) is 0 Å². The zero-order valence-electron chi connectivity index (χ0n) is 12.9. The Balaban J connectivity index is 1.85. The van der Waals surface area contributed by atoms with Crippen LogP contribution in [-0.4, -0.2) is 32.3 Å². The van der Waals surface area contributed by atoms with Crippen LogP contribution in [0, 0.1) is 0 Å². The predicted molar refractivity (Wildman–Crippen MR) is 82.4 cm³/mol. The molecule has 1 amide bonds. The van der Waals surface area contributed by atoms with E-state index >= 15 is 0 Å². The Morgan fingerprint density at radius 3 is 2.64 bits per heavy atom. The second kappa shape index (κ2) is 6.62. The second-order valence-corrected chi connectivity index (χ2v) is 6.27. The van der Waals surface area contributed by atoms with Gasteiger partial charge < -0.3 is 5.32 Å². The van der Waals surface area contributed by atoms with E-state index in [0.717, 1.165) is 18.9 Å². The minimum Gasteiger partial charge on any atom is -0.351 e. The summed E-state index contributed by atoms with van der Waals surface area (Å²) in [6.07, 6.45) is -2.56. The number of hydrogen-bond acceptors (Lipinski definition) is 4. The topological polar surface area (TPSA) is 76.4 Å². The second-order valence-electron chi connectivity index (χ2n) is 5.85. The van der Waals surface area contributed by atoms with E-state index < -0.39 is 23.0 Å². The number of halogens is 4. The Morgan fingerprint density at radius 1 is 1.32 bits per heavy atom. The lowest BCUT2D eigenvalue weighted by atomic mass is 10.2. The maximum Gasteiger partial charge on any atom is 0.433 e. The maximum absolute atomic E-state index is 13.3. The highest BCUT2D eigenvalue weighted by atomic mass is 35.5. The number of carbonyl (C=O) groups excluding carboxylic acids is 2. The minimum atomic E-state index is -4.61. The summed E-state index contributed by atoms with van der Waals surface area (Å²) in [6, 6.07) is 2.22. The Morgan fingerprint density at radius 2 is 2.04 bits per heavy atom. The molecule has 0 bridgehead atoms. The van der Waals surface area contributed by atoms with Crippen LogP contribution in [0.2, 0.25) is 0 Å². The third-order valence-electron chi connectivity index (χ3n) is 3.80. The first-order valence-corrected chi connectivity index (χ1v) is 8.08. The first kappa shape index (κ1) is 17.7. The van der Waals surface area contributed by atoms with Gasteiger partial charge in [-0.25, -0.2) is 9.50 Å². The van der Waals surface area contributed by atoms with E-state index in [1.54, 1.807) is 0 Å². The molecule has 0 atom stereocenters. The zero-order valence-corrected chi connectivity index (χ0v) is 13.7. The number of nitrogens with zero attached hydrogens (tertiary/aromatic N) is 3. The third kappa shape index (κ3) is 4.09. The number of alkyl halides is 3. The highest BCUT2D eigenvalue weighted by Crippen LogP contribution is 2.41. The molecule has 2 aromatic heterocycles. The molecule has 25 heavy (non-hydrogen) atoms. The van der Waals surface area contributed by atoms with Crippen LogP contribution in [-0.2, 0) is 11.0 Å². The summed E-state index contributed by atoms with van der Waals surface area (Å²) in [5, 5.41) is 5.71. The Bertz CT molecular complexity index is 830. The number of hydrogen-bond donors (Lipinski definition) is 1. The van der Waals surface area contributed by atoms with Gasteiger partial charge in [-0.3, -0.25) is 9.59 Å². The average Bonchev–Trinajstić information content (AvgIpc) is 3.28. The lowest BCUT2D eigenvalue weighted by Gasteiger charge is -2.10. The summed E-state index contributed by atoms with van der Waals surface area (Å²) >= 11 is 5.19. The smallest absolute Gasteiger partial charge is 0.351 e. The van der Waals surface area contributed by atoms with Crippen molar-refractivity contribution >= 4 is 28.4 Å². The molecule has 0 saturated heterocycles. The standard InChI is InChI=1S/C15H14ClF3N4O2/c16-12(24)2-1-5-20-14(25)10-7-13-21-9(8-3-4-8)6-11(15(17,18)19)23(13)22-10/h6-8H,1-5H2,(H,20,25). The largest absolute Gasteiger partial charge is 0.433 e. The summed E-state index contributed by atoms with van der Waals surface area (Å²) in [7, 11) is 0. The van der Waals surface area contributed by atoms with E-state index in [0.29, 0.717) is 16.6 Å². The first-order chi connectivity index (χ1) is 11.8.